The zero-order valence-corrected chi connectivity index (χ0v) is 48.1. The van der Waals surface area contributed by atoms with Crippen molar-refractivity contribution in [1.29, 1.82) is 5.26 Å². The standard InChI is InChI=1S/C80H44N4OS2/c1-82-74-69(49-27-10-4-11-28-49)62(46-81)75(70(50-29-12-5-13-30-50)76(74)83-63-36-18-14-31-53(63)59-43-51(41-42-64(59)83)52-35-22-38-66-71(52)56-34-15-19-37-65(56)85-66)84-77-72(57(47-23-6-2-7-24-47)44-60-54-32-16-20-39-67(54)86-79(60)77)73-58(48-25-8-3-9-26-48)45-61-55-33-17-21-40-68(55)87-80(61)78(73)84/h2-45H. The summed E-state index contributed by atoms with van der Waals surface area (Å²) >= 11 is 3.60. The van der Waals surface area contributed by atoms with Gasteiger partial charge in [-0.05, 0) is 99.1 Å². The molecule has 0 saturated carbocycles. The third-order valence-corrected chi connectivity index (χ3v) is 20.1. The summed E-state index contributed by atoms with van der Waals surface area (Å²) in [4.78, 5) is 4.71. The van der Waals surface area contributed by atoms with Crippen molar-refractivity contribution >= 4 is 134 Å². The molecule has 18 aromatic rings. The highest BCUT2D eigenvalue weighted by Gasteiger charge is 2.35. The molecule has 0 radical (unpaired) electrons. The van der Waals surface area contributed by atoms with Gasteiger partial charge in [0.1, 0.15) is 17.2 Å². The van der Waals surface area contributed by atoms with Gasteiger partial charge in [-0.2, -0.15) is 5.26 Å². The third-order valence-electron chi connectivity index (χ3n) is 17.8. The summed E-state index contributed by atoms with van der Waals surface area (Å²) in [6.07, 6.45) is 0. The second kappa shape index (κ2) is 19.1. The Hall–Kier alpha value is -11.3. The Morgan fingerprint density at radius 3 is 1.45 bits per heavy atom. The molecule has 0 spiro atoms. The Kier molecular flexibility index (Phi) is 10.8. The van der Waals surface area contributed by atoms with E-state index in [4.69, 9.17) is 9.26 Å². The van der Waals surface area contributed by atoms with Crippen molar-refractivity contribution in [2.45, 2.75) is 0 Å². The lowest BCUT2D eigenvalue weighted by molar-refractivity contribution is 0.669. The highest BCUT2D eigenvalue weighted by Crippen LogP contribution is 2.57. The van der Waals surface area contributed by atoms with Crippen LogP contribution in [0.5, 0.6) is 0 Å². The number of rotatable bonds is 7. The maximum absolute atomic E-state index is 12.7. The van der Waals surface area contributed by atoms with Gasteiger partial charge in [-0.1, -0.05) is 212 Å². The van der Waals surface area contributed by atoms with Crippen molar-refractivity contribution in [1.82, 2.24) is 9.13 Å². The molecule has 0 saturated heterocycles. The second-order valence-electron chi connectivity index (χ2n) is 22.3. The molecule has 0 aliphatic heterocycles. The lowest BCUT2D eigenvalue weighted by Crippen LogP contribution is -2.09. The van der Waals surface area contributed by atoms with Crippen molar-refractivity contribution in [3.8, 4) is 73.1 Å². The molecule has 0 N–H and O–H groups in total. The molecule has 0 amide bonds. The van der Waals surface area contributed by atoms with Crippen LogP contribution in [0.3, 0.4) is 0 Å². The lowest BCUT2D eigenvalue weighted by atomic mass is 9.88. The third kappa shape index (κ3) is 7.10. The van der Waals surface area contributed by atoms with E-state index in [1.807, 2.05) is 42.5 Å². The summed E-state index contributed by atoms with van der Waals surface area (Å²) in [5.74, 6) is 0. The van der Waals surface area contributed by atoms with E-state index in [1.165, 1.54) is 20.2 Å². The Morgan fingerprint density at radius 2 is 0.862 bits per heavy atom. The molecule has 0 atom stereocenters. The van der Waals surface area contributed by atoms with Crippen LogP contribution < -0.4 is 0 Å². The van der Waals surface area contributed by atoms with Gasteiger partial charge >= 0.3 is 0 Å². The van der Waals surface area contributed by atoms with E-state index < -0.39 is 0 Å². The fourth-order valence-corrected chi connectivity index (χ4v) is 16.6. The van der Waals surface area contributed by atoms with Gasteiger partial charge in [0, 0.05) is 74.4 Å². The van der Waals surface area contributed by atoms with E-state index in [0.29, 0.717) is 28.2 Å². The van der Waals surface area contributed by atoms with Crippen LogP contribution in [0, 0.1) is 17.9 Å². The van der Waals surface area contributed by atoms with Gasteiger partial charge in [0.25, 0.3) is 0 Å². The first kappa shape index (κ1) is 49.1. The average Bonchev–Trinajstić information content (AvgIpc) is 1.56. The molecule has 0 aliphatic carbocycles. The number of aromatic nitrogens is 2. The minimum Gasteiger partial charge on any atom is -0.456 e. The topological polar surface area (TPSA) is 51.1 Å². The minimum atomic E-state index is 0.386. The number of hydrogen-bond acceptors (Lipinski definition) is 4. The summed E-state index contributed by atoms with van der Waals surface area (Å²) in [7, 11) is 0. The minimum absolute atomic E-state index is 0.386. The van der Waals surface area contributed by atoms with Gasteiger partial charge in [0.05, 0.1) is 55.0 Å². The molecule has 0 unspecified atom stereocenters. The van der Waals surface area contributed by atoms with Crippen LogP contribution in [-0.4, -0.2) is 9.13 Å². The van der Waals surface area contributed by atoms with Gasteiger partial charge in [-0.15, -0.1) is 22.7 Å². The lowest BCUT2D eigenvalue weighted by Gasteiger charge is -2.26. The van der Waals surface area contributed by atoms with E-state index in [0.717, 1.165) is 136 Å². The molecule has 5 nitrogen and oxygen atoms in total. The predicted octanol–water partition coefficient (Wildman–Crippen LogP) is 23.3. The molecule has 18 rings (SSSR count). The summed E-state index contributed by atoms with van der Waals surface area (Å²) in [5.41, 5.74) is 17.3. The molecule has 0 bridgehead atoms. The Balaban J connectivity index is 1.11. The van der Waals surface area contributed by atoms with Crippen LogP contribution in [0.1, 0.15) is 5.56 Å². The van der Waals surface area contributed by atoms with E-state index in [2.05, 4.69) is 240 Å². The van der Waals surface area contributed by atoms with Crippen molar-refractivity contribution < 1.29 is 4.42 Å². The predicted molar refractivity (Wildman–Crippen MR) is 366 cm³/mol. The maximum atomic E-state index is 12.7. The fraction of sp³-hybridized carbons (Fsp3) is 0. The first-order valence-corrected chi connectivity index (χ1v) is 30.7. The molecule has 402 valence electrons. The first-order valence-electron chi connectivity index (χ1n) is 29.1. The van der Waals surface area contributed by atoms with Gasteiger partial charge in [-0.3, -0.25) is 0 Å². The van der Waals surface area contributed by atoms with Crippen LogP contribution in [0.25, 0.3) is 178 Å². The van der Waals surface area contributed by atoms with E-state index in [1.54, 1.807) is 22.7 Å². The molecule has 5 heterocycles. The molecule has 7 heteroatoms. The molecule has 0 fully saturated rings. The van der Waals surface area contributed by atoms with Crippen molar-refractivity contribution in [3.63, 3.8) is 0 Å². The Bertz CT molecular complexity index is 5840. The monoisotopic (exact) mass is 1140 g/mol. The molecule has 0 aliphatic rings. The number of para-hydroxylation sites is 2. The van der Waals surface area contributed by atoms with Gasteiger partial charge in [-0.25, -0.2) is 4.85 Å². The normalized spacial score (nSPS) is 11.9. The number of fused-ring (bicyclic) bond motifs is 17. The van der Waals surface area contributed by atoms with Gasteiger partial charge < -0.3 is 13.6 Å². The summed E-state index contributed by atoms with van der Waals surface area (Å²) in [6.45, 7) is 9.68. The fourth-order valence-electron chi connectivity index (χ4n) is 14.2. The molecule has 87 heavy (non-hydrogen) atoms. The Labute approximate surface area is 506 Å². The van der Waals surface area contributed by atoms with Crippen molar-refractivity contribution in [3.05, 3.63) is 284 Å². The van der Waals surface area contributed by atoms with Crippen LogP contribution in [0.15, 0.2) is 271 Å². The Morgan fingerprint density at radius 1 is 0.368 bits per heavy atom. The number of nitrogens with zero attached hydrogens (tertiary/aromatic N) is 4. The van der Waals surface area contributed by atoms with Crippen molar-refractivity contribution in [2.24, 2.45) is 0 Å². The number of nitriles is 1. The average molecular weight is 1140 g/mol. The summed E-state index contributed by atoms with van der Waals surface area (Å²) in [6, 6.07) is 97.5. The van der Waals surface area contributed by atoms with Gasteiger partial charge in [0.2, 0.25) is 5.69 Å². The van der Waals surface area contributed by atoms with Crippen molar-refractivity contribution in [2.75, 3.05) is 0 Å². The number of furan rings is 1. The summed E-state index contributed by atoms with van der Waals surface area (Å²) < 4.78 is 15.9. The molecule has 5 aromatic heterocycles. The van der Waals surface area contributed by atoms with Crippen LogP contribution >= 0.6 is 22.7 Å². The van der Waals surface area contributed by atoms with Gasteiger partial charge in [0.15, 0.2) is 0 Å². The van der Waals surface area contributed by atoms with E-state index >= 15 is 0 Å². The highest BCUT2D eigenvalue weighted by molar-refractivity contribution is 7.27. The number of thiophene rings is 2. The zero-order valence-electron chi connectivity index (χ0n) is 46.4. The van der Waals surface area contributed by atoms with E-state index in [-0.39, 0.29) is 0 Å². The summed E-state index contributed by atoms with van der Waals surface area (Å²) in [5, 5.41) is 23.7. The second-order valence-corrected chi connectivity index (χ2v) is 24.4. The molecular weight excluding hydrogens is 1100 g/mol. The maximum Gasteiger partial charge on any atom is 0.220 e. The molecule has 13 aromatic carbocycles. The smallest absolute Gasteiger partial charge is 0.220 e. The first-order chi connectivity index (χ1) is 43.1. The number of hydrogen-bond donors (Lipinski definition) is 0. The van der Waals surface area contributed by atoms with E-state index in [9.17, 15) is 11.8 Å². The number of benzene rings is 13. The molecular formula is C80H44N4OS2. The van der Waals surface area contributed by atoms with Crippen LogP contribution in [0.4, 0.5) is 5.69 Å². The zero-order chi connectivity index (χ0) is 57.4. The SMILES string of the molecule is [C-]#[N+]c1c(-c2ccccc2)c(C#N)c(-n2c3c4sc5ccccc5c4cc(-c4ccccc4)c3c3c(-c4ccccc4)cc4c5ccccc5sc4c32)c(-c2ccccc2)c1-n1c2ccccc2c2cc(-c3cccc4oc5ccccc5c34)ccc21. The van der Waals surface area contributed by atoms with Crippen LogP contribution in [0.2, 0.25) is 0 Å². The highest BCUT2D eigenvalue weighted by atomic mass is 32.1. The quantitative estimate of drug-likeness (QED) is 0.149. The van der Waals surface area contributed by atoms with Crippen LogP contribution in [-0.2, 0) is 0 Å². The largest absolute Gasteiger partial charge is 0.456 e.